The summed E-state index contributed by atoms with van der Waals surface area (Å²) in [6.45, 7) is 2.38. The van der Waals surface area contributed by atoms with Gasteiger partial charge in [-0.3, -0.25) is 14.7 Å². The largest absolute Gasteiger partial charge is 0.481 e. The van der Waals surface area contributed by atoms with E-state index < -0.39 is 23.7 Å². The number of amides is 1. The molecule has 1 amide bonds. The van der Waals surface area contributed by atoms with Gasteiger partial charge in [0.15, 0.2) is 0 Å². The Morgan fingerprint density at radius 1 is 1.17 bits per heavy atom. The predicted octanol–water partition coefficient (Wildman–Crippen LogP) is 3.95. The zero-order valence-electron chi connectivity index (χ0n) is 20.2. The highest BCUT2D eigenvalue weighted by Gasteiger charge is 2.35. The van der Waals surface area contributed by atoms with E-state index in [1.807, 2.05) is 11.0 Å². The molecule has 9 heteroatoms. The van der Waals surface area contributed by atoms with Gasteiger partial charge in [-0.25, -0.2) is 18.2 Å². The summed E-state index contributed by atoms with van der Waals surface area (Å²) in [6, 6.07) is 7.47. The number of carbonyl (C=O) groups excluding carboxylic acids is 1. The minimum Gasteiger partial charge on any atom is -0.481 e. The molecule has 0 N–H and O–H groups in total. The normalized spacial score (nSPS) is 22.4. The van der Waals surface area contributed by atoms with Gasteiger partial charge < -0.3 is 9.64 Å². The Morgan fingerprint density at radius 2 is 1.97 bits per heavy atom. The summed E-state index contributed by atoms with van der Waals surface area (Å²) in [5.41, 5.74) is 3.97. The number of rotatable bonds is 6. The Hall–Kier alpha value is -3.20. The number of hydrogen-bond acceptors (Lipinski definition) is 5. The summed E-state index contributed by atoms with van der Waals surface area (Å²) in [5.74, 6) is -1.31. The second kappa shape index (κ2) is 10.4. The smallest absolute Gasteiger partial charge is 0.223 e. The molecule has 3 aliphatic rings. The van der Waals surface area contributed by atoms with E-state index in [9.17, 15) is 18.0 Å². The third-order valence-corrected chi connectivity index (χ3v) is 7.35. The number of alkyl halides is 1. The quantitative estimate of drug-likeness (QED) is 0.605. The fraction of sp³-hybridized carbons (Fsp3) is 0.444. The Labute approximate surface area is 208 Å². The summed E-state index contributed by atoms with van der Waals surface area (Å²) in [7, 11) is 1.56. The topological polar surface area (TPSA) is 58.0 Å². The number of carbonyl (C=O) groups is 1. The Kier molecular flexibility index (Phi) is 7.09. The van der Waals surface area contributed by atoms with E-state index in [1.165, 1.54) is 23.8 Å². The van der Waals surface area contributed by atoms with Gasteiger partial charge in [0.1, 0.15) is 17.8 Å². The van der Waals surface area contributed by atoms with Gasteiger partial charge in [-0.1, -0.05) is 6.07 Å². The number of aliphatic imine (C=N–C) groups is 1. The highest BCUT2D eigenvalue weighted by molar-refractivity contribution is 6.15. The first-order valence-electron chi connectivity index (χ1n) is 12.3. The maximum atomic E-state index is 14.8. The highest BCUT2D eigenvalue weighted by Crippen LogP contribution is 2.30. The van der Waals surface area contributed by atoms with Crippen LogP contribution in [0.3, 0.4) is 0 Å². The summed E-state index contributed by atoms with van der Waals surface area (Å²) in [5, 5.41) is 0. The number of benzene rings is 1. The van der Waals surface area contributed by atoms with Crippen molar-refractivity contribution in [3.8, 4) is 5.88 Å². The number of halogens is 3. The highest BCUT2D eigenvalue weighted by atomic mass is 19.1. The van der Waals surface area contributed by atoms with Crippen LogP contribution < -0.4 is 4.74 Å². The van der Waals surface area contributed by atoms with Crippen LogP contribution in [0, 0.1) is 17.6 Å². The fourth-order valence-electron chi connectivity index (χ4n) is 5.28. The van der Waals surface area contributed by atoms with E-state index in [-0.39, 0.29) is 37.4 Å². The molecule has 1 fully saturated rings. The van der Waals surface area contributed by atoms with Crippen LogP contribution in [-0.2, 0) is 11.3 Å². The Balaban J connectivity index is 1.22. The van der Waals surface area contributed by atoms with E-state index in [1.54, 1.807) is 24.3 Å². The summed E-state index contributed by atoms with van der Waals surface area (Å²) in [6.07, 6.45) is 1.64. The number of nitrogens with zero attached hydrogens (tertiary/aromatic N) is 4. The van der Waals surface area contributed by atoms with Crippen molar-refractivity contribution in [2.45, 2.75) is 32.0 Å². The molecule has 6 nitrogen and oxygen atoms in total. The molecular formula is C27H29F3N4O2. The first kappa shape index (κ1) is 24.5. The van der Waals surface area contributed by atoms with Crippen molar-refractivity contribution >= 4 is 11.6 Å². The fourth-order valence-corrected chi connectivity index (χ4v) is 5.28. The van der Waals surface area contributed by atoms with Crippen molar-refractivity contribution in [3.63, 3.8) is 0 Å². The lowest BCUT2D eigenvalue weighted by atomic mass is 9.90. The molecule has 36 heavy (non-hydrogen) atoms. The molecule has 5 rings (SSSR count). The lowest BCUT2D eigenvalue weighted by molar-refractivity contribution is -0.133. The van der Waals surface area contributed by atoms with Gasteiger partial charge in [-0.15, -0.1) is 0 Å². The van der Waals surface area contributed by atoms with Crippen molar-refractivity contribution in [1.82, 2.24) is 14.8 Å². The van der Waals surface area contributed by atoms with E-state index in [0.29, 0.717) is 32.1 Å². The first-order valence-corrected chi connectivity index (χ1v) is 12.3. The summed E-state index contributed by atoms with van der Waals surface area (Å²) < 4.78 is 48.2. The molecule has 0 aliphatic carbocycles. The number of likely N-dealkylation sites (tertiary alicyclic amines) is 1. The maximum Gasteiger partial charge on any atom is 0.223 e. The second-order valence-electron chi connectivity index (χ2n) is 9.61. The first-order chi connectivity index (χ1) is 17.4. The monoisotopic (exact) mass is 498 g/mol. The third kappa shape index (κ3) is 5.02. The van der Waals surface area contributed by atoms with Gasteiger partial charge in [0, 0.05) is 68.5 Å². The number of aromatic nitrogens is 1. The van der Waals surface area contributed by atoms with Crippen molar-refractivity contribution in [2.75, 3.05) is 39.8 Å². The number of methoxy groups -OCH3 is 1. The minimum absolute atomic E-state index is 0.0172. The van der Waals surface area contributed by atoms with Gasteiger partial charge in [0.25, 0.3) is 0 Å². The van der Waals surface area contributed by atoms with Crippen LogP contribution in [0.4, 0.5) is 13.2 Å². The molecule has 1 saturated heterocycles. The molecule has 1 aromatic carbocycles. The Morgan fingerprint density at radius 3 is 2.69 bits per heavy atom. The Bertz CT molecular complexity index is 1180. The molecule has 0 spiro atoms. The summed E-state index contributed by atoms with van der Waals surface area (Å²) in [4.78, 5) is 25.8. The van der Waals surface area contributed by atoms with Gasteiger partial charge >= 0.3 is 0 Å². The van der Waals surface area contributed by atoms with Crippen molar-refractivity contribution in [3.05, 3.63) is 70.4 Å². The van der Waals surface area contributed by atoms with Crippen LogP contribution in [0.1, 0.15) is 30.4 Å². The number of pyridine rings is 1. The van der Waals surface area contributed by atoms with Crippen LogP contribution in [0.2, 0.25) is 0 Å². The molecule has 3 aliphatic heterocycles. The van der Waals surface area contributed by atoms with Gasteiger partial charge in [-0.05, 0) is 42.2 Å². The molecule has 1 aromatic heterocycles. The van der Waals surface area contributed by atoms with E-state index in [4.69, 9.17) is 4.74 Å². The van der Waals surface area contributed by atoms with Crippen LogP contribution in [0.15, 0.2) is 52.7 Å². The molecule has 1 unspecified atom stereocenters. The average molecular weight is 499 g/mol. The minimum atomic E-state index is -1.12. The molecule has 2 atom stereocenters. The molecule has 2 aromatic rings. The van der Waals surface area contributed by atoms with Crippen molar-refractivity contribution in [2.24, 2.45) is 10.9 Å². The second-order valence-corrected chi connectivity index (χ2v) is 9.61. The molecule has 4 heterocycles. The van der Waals surface area contributed by atoms with E-state index in [0.717, 1.165) is 23.3 Å². The van der Waals surface area contributed by atoms with Gasteiger partial charge in [0.05, 0.1) is 19.4 Å². The van der Waals surface area contributed by atoms with Crippen LogP contribution in [0.25, 0.3) is 0 Å². The maximum absolute atomic E-state index is 14.8. The van der Waals surface area contributed by atoms with Crippen LogP contribution in [-0.4, -0.2) is 72.4 Å². The third-order valence-electron chi connectivity index (χ3n) is 7.35. The zero-order chi connectivity index (χ0) is 25.2. The molecule has 190 valence electrons. The molecular weight excluding hydrogens is 469 g/mol. The summed E-state index contributed by atoms with van der Waals surface area (Å²) >= 11 is 0. The molecule has 0 radical (unpaired) electrons. The van der Waals surface area contributed by atoms with Crippen molar-refractivity contribution < 1.29 is 22.7 Å². The van der Waals surface area contributed by atoms with E-state index >= 15 is 0 Å². The predicted molar refractivity (Wildman–Crippen MR) is 130 cm³/mol. The number of piperidine rings is 1. The average Bonchev–Trinajstić information content (AvgIpc) is 3.31. The standard InChI is InChI=1S/C27H29F3N4O2/c1-36-25-6-5-18(13-31-25)27-20-16-34(10-7-17(20)12-32-27)26(35)11-19-14-33(9-8-22(19)28)15-21-23(29)3-2-4-24(21)30/h2-6,13,19,22H,7-12,14-16H2,1H3/t19-,22?/m0/s1. The lowest BCUT2D eigenvalue weighted by Crippen LogP contribution is -2.45. The molecule has 0 bridgehead atoms. The van der Waals surface area contributed by atoms with Gasteiger partial charge in [-0.2, -0.15) is 0 Å². The lowest BCUT2D eigenvalue weighted by Gasteiger charge is -2.36. The van der Waals surface area contributed by atoms with Gasteiger partial charge in [0.2, 0.25) is 11.8 Å². The van der Waals surface area contributed by atoms with Crippen molar-refractivity contribution in [1.29, 1.82) is 0 Å². The number of hydrogen-bond donors (Lipinski definition) is 0. The molecule has 0 saturated carbocycles. The van der Waals surface area contributed by atoms with Crippen LogP contribution in [0.5, 0.6) is 5.88 Å². The van der Waals surface area contributed by atoms with Crippen LogP contribution >= 0.6 is 0 Å². The SMILES string of the molecule is COc1ccc(C2=NCC3=C2CN(C(=O)C[C@H]2CN(Cc4c(F)cccc4F)CCC2F)CC3)cn1. The number of ether oxygens (including phenoxy) is 1. The zero-order valence-corrected chi connectivity index (χ0v) is 20.2. The van der Waals surface area contributed by atoms with E-state index in [2.05, 4.69) is 9.98 Å².